The van der Waals surface area contributed by atoms with Crippen LogP contribution in [0.4, 0.5) is 10.1 Å². The highest BCUT2D eigenvalue weighted by Crippen LogP contribution is 2.24. The molecule has 0 aromatic heterocycles. The van der Waals surface area contributed by atoms with Crippen LogP contribution in [-0.2, 0) is 10.0 Å². The Hall–Kier alpha value is -1.65. The van der Waals surface area contributed by atoms with Crippen molar-refractivity contribution in [1.29, 1.82) is 5.26 Å². The molecule has 0 saturated carbocycles. The molecule has 0 fully saturated rings. The Balaban J connectivity index is 3.23. The molecule has 0 saturated heterocycles. The van der Waals surface area contributed by atoms with E-state index in [1.54, 1.807) is 13.8 Å². The van der Waals surface area contributed by atoms with Crippen LogP contribution < -0.4 is 5.73 Å². The molecule has 7 heteroatoms. The van der Waals surface area contributed by atoms with Gasteiger partial charge in [0, 0.05) is 19.0 Å². The lowest BCUT2D eigenvalue weighted by Crippen LogP contribution is -2.37. The number of hydrogen-bond donors (Lipinski definition) is 1. The molecule has 0 bridgehead atoms. The Bertz CT molecular complexity index is 593. The van der Waals surface area contributed by atoms with Gasteiger partial charge in [-0.05, 0) is 32.0 Å². The topological polar surface area (TPSA) is 87.2 Å². The Kier molecular flexibility index (Phi) is 4.86. The molecule has 0 radical (unpaired) electrons. The van der Waals surface area contributed by atoms with E-state index >= 15 is 0 Å². The Morgan fingerprint density at radius 2 is 2.11 bits per heavy atom. The Morgan fingerprint density at radius 3 is 2.58 bits per heavy atom. The number of benzene rings is 1. The molecule has 1 aromatic rings. The first-order valence-electron chi connectivity index (χ1n) is 5.74. The van der Waals surface area contributed by atoms with Crippen LogP contribution in [0.25, 0.3) is 0 Å². The molecule has 1 aromatic carbocycles. The maximum Gasteiger partial charge on any atom is 0.245 e. The normalized spacial score (nSPS) is 11.8. The summed E-state index contributed by atoms with van der Waals surface area (Å²) in [6.07, 6.45) is 0.0819. The van der Waals surface area contributed by atoms with Crippen LogP contribution in [0.2, 0.25) is 0 Å². The number of nitrogen functional groups attached to an aromatic ring is 1. The fourth-order valence-corrected chi connectivity index (χ4v) is 3.43. The van der Waals surface area contributed by atoms with Crippen molar-refractivity contribution in [3.8, 4) is 6.07 Å². The smallest absolute Gasteiger partial charge is 0.245 e. The fraction of sp³-hybridized carbons (Fsp3) is 0.417. The Labute approximate surface area is 112 Å². The molecule has 0 aliphatic heterocycles. The second-order valence-corrected chi connectivity index (χ2v) is 6.16. The number of anilines is 1. The van der Waals surface area contributed by atoms with Crippen molar-refractivity contribution in [2.45, 2.75) is 31.2 Å². The zero-order valence-electron chi connectivity index (χ0n) is 10.8. The van der Waals surface area contributed by atoms with E-state index in [2.05, 4.69) is 0 Å². The zero-order chi connectivity index (χ0) is 14.6. The molecular weight excluding hydrogens is 269 g/mol. The van der Waals surface area contributed by atoms with Crippen molar-refractivity contribution in [3.63, 3.8) is 0 Å². The summed E-state index contributed by atoms with van der Waals surface area (Å²) in [6, 6.07) is 4.74. The van der Waals surface area contributed by atoms with Gasteiger partial charge in [0.15, 0.2) is 0 Å². The van der Waals surface area contributed by atoms with Gasteiger partial charge in [-0.1, -0.05) is 0 Å². The summed E-state index contributed by atoms with van der Waals surface area (Å²) in [5, 5.41) is 8.58. The number of halogens is 1. The van der Waals surface area contributed by atoms with Crippen LogP contribution in [0.1, 0.15) is 20.3 Å². The van der Waals surface area contributed by atoms with Gasteiger partial charge in [0.1, 0.15) is 10.7 Å². The summed E-state index contributed by atoms with van der Waals surface area (Å²) < 4.78 is 39.0. The van der Waals surface area contributed by atoms with Crippen LogP contribution in [0.15, 0.2) is 23.1 Å². The molecule has 0 heterocycles. The SMILES string of the molecule is CC(C)N(CCC#N)S(=O)(=O)c1ccc(F)cc1N. The van der Waals surface area contributed by atoms with E-state index < -0.39 is 15.8 Å². The van der Waals surface area contributed by atoms with Gasteiger partial charge in [-0.2, -0.15) is 9.57 Å². The lowest BCUT2D eigenvalue weighted by molar-refractivity contribution is 0.360. The van der Waals surface area contributed by atoms with E-state index in [0.29, 0.717) is 0 Å². The second-order valence-electron chi connectivity index (χ2n) is 4.30. The molecule has 1 rings (SSSR count). The third-order valence-electron chi connectivity index (χ3n) is 2.58. The molecule has 0 atom stereocenters. The quantitative estimate of drug-likeness (QED) is 0.834. The molecule has 0 aliphatic rings. The van der Waals surface area contributed by atoms with Gasteiger partial charge in [0.2, 0.25) is 10.0 Å². The minimum absolute atomic E-state index is 0.0767. The number of sulfonamides is 1. The average Bonchev–Trinajstić information content (AvgIpc) is 2.27. The molecule has 19 heavy (non-hydrogen) atoms. The van der Waals surface area contributed by atoms with Crippen LogP contribution in [0, 0.1) is 17.1 Å². The van der Waals surface area contributed by atoms with Crippen LogP contribution in [-0.4, -0.2) is 25.3 Å². The molecule has 0 amide bonds. The predicted molar refractivity (Wildman–Crippen MR) is 70.1 cm³/mol. The maximum atomic E-state index is 13.0. The van der Waals surface area contributed by atoms with E-state index in [-0.39, 0.29) is 29.6 Å². The van der Waals surface area contributed by atoms with Gasteiger partial charge in [0.25, 0.3) is 0 Å². The maximum absolute atomic E-state index is 13.0. The number of rotatable bonds is 5. The monoisotopic (exact) mass is 285 g/mol. The van der Waals surface area contributed by atoms with E-state index in [1.807, 2.05) is 6.07 Å². The van der Waals surface area contributed by atoms with Gasteiger partial charge in [0.05, 0.1) is 11.8 Å². The predicted octanol–water partition coefficient (Wildman–Crippen LogP) is 1.72. The minimum atomic E-state index is -3.83. The number of nitrogens with two attached hydrogens (primary N) is 1. The van der Waals surface area contributed by atoms with E-state index in [0.717, 1.165) is 18.2 Å². The van der Waals surface area contributed by atoms with Crippen molar-refractivity contribution in [2.75, 3.05) is 12.3 Å². The lowest BCUT2D eigenvalue weighted by Gasteiger charge is -2.25. The summed E-state index contributed by atoms with van der Waals surface area (Å²) >= 11 is 0. The molecular formula is C12H16FN3O2S. The van der Waals surface area contributed by atoms with Gasteiger partial charge < -0.3 is 5.73 Å². The van der Waals surface area contributed by atoms with Crippen LogP contribution >= 0.6 is 0 Å². The third-order valence-corrected chi connectivity index (χ3v) is 4.73. The molecule has 0 unspecified atom stereocenters. The summed E-state index contributed by atoms with van der Waals surface area (Å²) in [6.45, 7) is 3.48. The standard InChI is InChI=1S/C12H16FN3O2S/c1-9(2)16(7-3-6-14)19(17,18)12-5-4-10(13)8-11(12)15/h4-5,8-9H,3,7,15H2,1-2H3. The first-order valence-corrected chi connectivity index (χ1v) is 7.18. The summed E-state index contributed by atoms with van der Waals surface area (Å²) in [5.74, 6) is -0.593. The van der Waals surface area contributed by atoms with Crippen LogP contribution in [0.5, 0.6) is 0 Å². The van der Waals surface area contributed by atoms with Crippen molar-refractivity contribution in [2.24, 2.45) is 0 Å². The third kappa shape index (κ3) is 3.43. The van der Waals surface area contributed by atoms with E-state index in [4.69, 9.17) is 11.0 Å². The van der Waals surface area contributed by atoms with Crippen molar-refractivity contribution in [1.82, 2.24) is 4.31 Å². The lowest BCUT2D eigenvalue weighted by atomic mass is 10.3. The average molecular weight is 285 g/mol. The molecule has 0 spiro atoms. The van der Waals surface area contributed by atoms with Crippen molar-refractivity contribution in [3.05, 3.63) is 24.0 Å². The number of nitrogens with zero attached hydrogens (tertiary/aromatic N) is 2. The highest BCUT2D eigenvalue weighted by Gasteiger charge is 2.28. The van der Waals surface area contributed by atoms with E-state index in [9.17, 15) is 12.8 Å². The zero-order valence-corrected chi connectivity index (χ0v) is 11.6. The minimum Gasteiger partial charge on any atom is -0.398 e. The second kappa shape index (κ2) is 5.99. The van der Waals surface area contributed by atoms with Gasteiger partial charge in [-0.15, -0.1) is 0 Å². The van der Waals surface area contributed by atoms with E-state index in [1.165, 1.54) is 4.31 Å². The highest BCUT2D eigenvalue weighted by molar-refractivity contribution is 7.89. The van der Waals surface area contributed by atoms with Gasteiger partial charge in [-0.3, -0.25) is 0 Å². The van der Waals surface area contributed by atoms with Crippen molar-refractivity contribution < 1.29 is 12.8 Å². The highest BCUT2D eigenvalue weighted by atomic mass is 32.2. The largest absolute Gasteiger partial charge is 0.398 e. The molecule has 5 nitrogen and oxygen atoms in total. The Morgan fingerprint density at radius 1 is 1.47 bits per heavy atom. The first-order chi connectivity index (χ1) is 8.80. The molecule has 0 aliphatic carbocycles. The molecule has 104 valence electrons. The summed E-state index contributed by atoms with van der Waals surface area (Å²) in [7, 11) is -3.83. The van der Waals surface area contributed by atoms with Gasteiger partial charge >= 0.3 is 0 Å². The van der Waals surface area contributed by atoms with Gasteiger partial charge in [-0.25, -0.2) is 12.8 Å². The fourth-order valence-electron chi connectivity index (χ4n) is 1.70. The number of nitriles is 1. The molecule has 2 N–H and O–H groups in total. The number of hydrogen-bond acceptors (Lipinski definition) is 4. The van der Waals surface area contributed by atoms with Crippen LogP contribution in [0.3, 0.4) is 0 Å². The summed E-state index contributed by atoms with van der Waals surface area (Å²) in [5.41, 5.74) is 5.43. The summed E-state index contributed by atoms with van der Waals surface area (Å²) in [4.78, 5) is -0.138. The first kappa shape index (κ1) is 15.4. The van der Waals surface area contributed by atoms with Crippen molar-refractivity contribution >= 4 is 15.7 Å².